The summed E-state index contributed by atoms with van der Waals surface area (Å²) in [6.07, 6.45) is 1.80. The molecule has 2 rings (SSSR count). The third kappa shape index (κ3) is 4.02. The lowest BCUT2D eigenvalue weighted by Crippen LogP contribution is -2.08. The molecule has 2 aromatic heterocycles. The molecule has 0 amide bonds. The van der Waals surface area contributed by atoms with Gasteiger partial charge in [-0.1, -0.05) is 6.92 Å². The summed E-state index contributed by atoms with van der Waals surface area (Å²) in [5, 5.41) is 3.16. The summed E-state index contributed by atoms with van der Waals surface area (Å²) in [7, 11) is 1.94. The van der Waals surface area contributed by atoms with Crippen molar-refractivity contribution in [3.05, 3.63) is 39.5 Å². The maximum atomic E-state index is 5.80. The van der Waals surface area contributed by atoms with Gasteiger partial charge in [-0.05, 0) is 32.0 Å². The van der Waals surface area contributed by atoms with E-state index in [1.165, 1.54) is 10.4 Å². The summed E-state index contributed by atoms with van der Waals surface area (Å²) in [5.41, 5.74) is 5.26. The topological polar surface area (TPSA) is 47.0 Å². The summed E-state index contributed by atoms with van der Waals surface area (Å²) in [4.78, 5) is 10.0. The molecule has 5 heteroatoms. The highest BCUT2D eigenvalue weighted by Gasteiger charge is 2.05. The maximum Gasteiger partial charge on any atom is 0.213 e. The van der Waals surface area contributed by atoms with E-state index in [4.69, 9.17) is 4.74 Å². The van der Waals surface area contributed by atoms with E-state index in [-0.39, 0.29) is 0 Å². The fraction of sp³-hybridized carbons (Fsp3) is 0.467. The zero-order chi connectivity index (χ0) is 14.4. The van der Waals surface area contributed by atoms with Crippen LogP contribution in [0.1, 0.15) is 28.8 Å². The second-order valence-electron chi connectivity index (χ2n) is 4.65. The molecule has 0 saturated heterocycles. The molecule has 0 aliphatic rings. The van der Waals surface area contributed by atoms with Crippen molar-refractivity contribution in [2.45, 2.75) is 33.2 Å². The molecule has 0 fully saturated rings. The molecule has 1 N–H and O–H groups in total. The Labute approximate surface area is 124 Å². The van der Waals surface area contributed by atoms with Gasteiger partial charge < -0.3 is 10.1 Å². The predicted molar refractivity (Wildman–Crippen MR) is 82.4 cm³/mol. The standard InChI is InChI=1S/C15H21N3OS/c1-4-13-7-12(9-16-3)8-15(18-13)19-6-5-14-11(2)17-10-20-14/h7-8,10,16H,4-6,9H2,1-3H3. The summed E-state index contributed by atoms with van der Waals surface area (Å²) in [6.45, 7) is 5.62. The van der Waals surface area contributed by atoms with E-state index in [1.807, 2.05) is 25.5 Å². The van der Waals surface area contributed by atoms with Crippen LogP contribution in [-0.2, 0) is 19.4 Å². The Hall–Kier alpha value is -1.46. The molecule has 2 heterocycles. The molecule has 0 bridgehead atoms. The number of rotatable bonds is 7. The van der Waals surface area contributed by atoms with E-state index in [0.717, 1.165) is 36.7 Å². The van der Waals surface area contributed by atoms with Gasteiger partial charge in [0.05, 0.1) is 17.8 Å². The molecule has 0 unspecified atom stereocenters. The molecule has 4 nitrogen and oxygen atoms in total. The fourth-order valence-corrected chi connectivity index (χ4v) is 2.76. The first-order valence-electron chi connectivity index (χ1n) is 6.89. The average Bonchev–Trinajstić information content (AvgIpc) is 2.84. The first-order chi connectivity index (χ1) is 9.72. The number of nitrogens with one attached hydrogen (secondary N) is 1. The Morgan fingerprint density at radius 1 is 1.35 bits per heavy atom. The number of hydrogen-bond donors (Lipinski definition) is 1. The molecule has 2 aromatic rings. The van der Waals surface area contributed by atoms with Crippen LogP contribution in [0.3, 0.4) is 0 Å². The van der Waals surface area contributed by atoms with Crippen LogP contribution in [0.5, 0.6) is 5.88 Å². The Kier molecular flexibility index (Phi) is 5.49. The highest BCUT2D eigenvalue weighted by molar-refractivity contribution is 7.09. The monoisotopic (exact) mass is 291 g/mol. The van der Waals surface area contributed by atoms with Crippen LogP contribution in [0.4, 0.5) is 0 Å². The first-order valence-corrected chi connectivity index (χ1v) is 7.77. The van der Waals surface area contributed by atoms with Gasteiger partial charge in [0.1, 0.15) is 0 Å². The summed E-state index contributed by atoms with van der Waals surface area (Å²) in [6, 6.07) is 4.13. The van der Waals surface area contributed by atoms with Crippen molar-refractivity contribution < 1.29 is 4.74 Å². The Morgan fingerprint density at radius 2 is 2.20 bits per heavy atom. The van der Waals surface area contributed by atoms with Gasteiger partial charge in [0, 0.05) is 29.6 Å². The third-order valence-electron chi connectivity index (χ3n) is 3.08. The lowest BCUT2D eigenvalue weighted by atomic mass is 10.2. The van der Waals surface area contributed by atoms with Crippen molar-refractivity contribution in [1.29, 1.82) is 0 Å². The number of thiazole rings is 1. The summed E-state index contributed by atoms with van der Waals surface area (Å²) >= 11 is 1.68. The van der Waals surface area contributed by atoms with Crippen molar-refractivity contribution in [2.24, 2.45) is 0 Å². The summed E-state index contributed by atoms with van der Waals surface area (Å²) < 4.78 is 5.80. The fourth-order valence-electron chi connectivity index (χ4n) is 2.00. The van der Waals surface area contributed by atoms with Crippen LogP contribution in [0.2, 0.25) is 0 Å². The van der Waals surface area contributed by atoms with Crippen LogP contribution in [-0.4, -0.2) is 23.6 Å². The summed E-state index contributed by atoms with van der Waals surface area (Å²) in [5.74, 6) is 0.719. The molecular formula is C15H21N3OS. The highest BCUT2D eigenvalue weighted by atomic mass is 32.1. The quantitative estimate of drug-likeness (QED) is 0.852. The molecule has 108 valence electrons. The van der Waals surface area contributed by atoms with E-state index in [1.54, 1.807) is 11.3 Å². The van der Waals surface area contributed by atoms with Gasteiger partial charge in [-0.2, -0.15) is 0 Å². The van der Waals surface area contributed by atoms with Gasteiger partial charge >= 0.3 is 0 Å². The van der Waals surface area contributed by atoms with Crippen LogP contribution in [0.25, 0.3) is 0 Å². The maximum absolute atomic E-state index is 5.80. The van der Waals surface area contributed by atoms with Crippen molar-refractivity contribution >= 4 is 11.3 Å². The average molecular weight is 291 g/mol. The molecule has 0 aromatic carbocycles. The smallest absolute Gasteiger partial charge is 0.213 e. The Bertz CT molecular complexity index is 554. The molecule has 0 aliphatic heterocycles. The zero-order valence-corrected chi connectivity index (χ0v) is 13.1. The molecule has 0 spiro atoms. The van der Waals surface area contributed by atoms with E-state index in [0.29, 0.717) is 6.61 Å². The van der Waals surface area contributed by atoms with Crippen molar-refractivity contribution in [2.75, 3.05) is 13.7 Å². The Balaban J connectivity index is 1.97. The molecular weight excluding hydrogens is 270 g/mol. The first kappa shape index (κ1) is 14.9. The third-order valence-corrected chi connectivity index (χ3v) is 4.08. The van der Waals surface area contributed by atoms with Gasteiger partial charge in [-0.25, -0.2) is 9.97 Å². The largest absolute Gasteiger partial charge is 0.477 e. The lowest BCUT2D eigenvalue weighted by Gasteiger charge is -2.09. The number of ether oxygens (including phenoxy) is 1. The normalized spacial score (nSPS) is 10.8. The number of hydrogen-bond acceptors (Lipinski definition) is 5. The van der Waals surface area contributed by atoms with Crippen LogP contribution in [0, 0.1) is 6.92 Å². The minimum Gasteiger partial charge on any atom is -0.477 e. The van der Waals surface area contributed by atoms with E-state index >= 15 is 0 Å². The number of aromatic nitrogens is 2. The number of nitrogens with zero attached hydrogens (tertiary/aromatic N) is 2. The van der Waals surface area contributed by atoms with Gasteiger partial charge in [0.15, 0.2) is 0 Å². The highest BCUT2D eigenvalue weighted by Crippen LogP contribution is 2.16. The van der Waals surface area contributed by atoms with Crippen molar-refractivity contribution in [3.63, 3.8) is 0 Å². The Morgan fingerprint density at radius 3 is 2.85 bits per heavy atom. The van der Waals surface area contributed by atoms with Gasteiger partial charge in [-0.3, -0.25) is 0 Å². The molecule has 0 radical (unpaired) electrons. The lowest BCUT2D eigenvalue weighted by molar-refractivity contribution is 0.309. The van der Waals surface area contributed by atoms with Crippen LogP contribution >= 0.6 is 11.3 Å². The molecule has 0 saturated carbocycles. The second-order valence-corrected chi connectivity index (χ2v) is 5.59. The van der Waals surface area contributed by atoms with Crippen molar-refractivity contribution in [3.8, 4) is 5.88 Å². The SMILES string of the molecule is CCc1cc(CNC)cc(OCCc2scnc2C)n1. The van der Waals surface area contributed by atoms with E-state index in [2.05, 4.69) is 28.3 Å². The second kappa shape index (κ2) is 7.36. The number of aryl methyl sites for hydroxylation is 2. The molecule has 0 atom stereocenters. The van der Waals surface area contributed by atoms with E-state index in [9.17, 15) is 0 Å². The minimum atomic E-state index is 0.641. The van der Waals surface area contributed by atoms with E-state index < -0.39 is 0 Å². The predicted octanol–water partition coefficient (Wildman–Crippen LogP) is 2.75. The van der Waals surface area contributed by atoms with Gasteiger partial charge in [0.25, 0.3) is 0 Å². The molecule has 0 aliphatic carbocycles. The van der Waals surface area contributed by atoms with Crippen LogP contribution in [0.15, 0.2) is 17.6 Å². The minimum absolute atomic E-state index is 0.641. The van der Waals surface area contributed by atoms with Crippen molar-refractivity contribution in [1.82, 2.24) is 15.3 Å². The van der Waals surface area contributed by atoms with Crippen LogP contribution < -0.4 is 10.1 Å². The van der Waals surface area contributed by atoms with Gasteiger partial charge in [-0.15, -0.1) is 11.3 Å². The number of pyridine rings is 1. The molecule has 20 heavy (non-hydrogen) atoms. The zero-order valence-electron chi connectivity index (χ0n) is 12.3. The van der Waals surface area contributed by atoms with Gasteiger partial charge in [0.2, 0.25) is 5.88 Å².